The first-order valence-corrected chi connectivity index (χ1v) is 6.07. The molecule has 1 fully saturated rings. The molecule has 0 saturated carbocycles. The van der Waals surface area contributed by atoms with E-state index in [1.165, 1.54) is 25.9 Å². The molecule has 0 bridgehead atoms. The Bertz CT molecular complexity index is 175. The SMILES string of the molecule is COCC(C)NC(C)C1CCCN(C)C1. The monoisotopic (exact) mass is 214 g/mol. The van der Waals surface area contributed by atoms with Gasteiger partial charge in [0, 0.05) is 25.7 Å². The van der Waals surface area contributed by atoms with E-state index < -0.39 is 0 Å². The lowest BCUT2D eigenvalue weighted by atomic mass is 9.91. The van der Waals surface area contributed by atoms with Crippen LogP contribution in [0, 0.1) is 5.92 Å². The fraction of sp³-hybridized carbons (Fsp3) is 1.00. The molecule has 3 heteroatoms. The summed E-state index contributed by atoms with van der Waals surface area (Å²) in [6, 6.07) is 1.05. The van der Waals surface area contributed by atoms with E-state index in [9.17, 15) is 0 Å². The molecule has 0 radical (unpaired) electrons. The molecule has 1 aliphatic rings. The van der Waals surface area contributed by atoms with Gasteiger partial charge in [-0.05, 0) is 46.2 Å². The summed E-state index contributed by atoms with van der Waals surface area (Å²) in [5.74, 6) is 0.794. The Morgan fingerprint density at radius 3 is 2.80 bits per heavy atom. The van der Waals surface area contributed by atoms with Crippen LogP contribution >= 0.6 is 0 Å². The van der Waals surface area contributed by atoms with Gasteiger partial charge >= 0.3 is 0 Å². The average Bonchev–Trinajstić information content (AvgIpc) is 2.18. The van der Waals surface area contributed by atoms with Crippen molar-refractivity contribution in [2.75, 3.05) is 33.9 Å². The van der Waals surface area contributed by atoms with Crippen molar-refractivity contribution >= 4 is 0 Å². The zero-order valence-corrected chi connectivity index (χ0v) is 10.6. The van der Waals surface area contributed by atoms with E-state index in [4.69, 9.17) is 4.74 Å². The molecule has 0 aromatic rings. The van der Waals surface area contributed by atoms with Gasteiger partial charge in [-0.25, -0.2) is 0 Å². The van der Waals surface area contributed by atoms with Gasteiger partial charge in [0.15, 0.2) is 0 Å². The highest BCUT2D eigenvalue weighted by molar-refractivity contribution is 4.80. The van der Waals surface area contributed by atoms with Gasteiger partial charge in [0.1, 0.15) is 0 Å². The maximum Gasteiger partial charge on any atom is 0.0613 e. The molecule has 0 aromatic carbocycles. The second kappa shape index (κ2) is 6.46. The minimum Gasteiger partial charge on any atom is -0.383 e. The summed E-state index contributed by atoms with van der Waals surface area (Å²) in [5, 5.41) is 3.62. The van der Waals surface area contributed by atoms with Gasteiger partial charge < -0.3 is 15.0 Å². The maximum absolute atomic E-state index is 5.14. The van der Waals surface area contributed by atoms with E-state index in [1.807, 2.05) is 0 Å². The zero-order valence-electron chi connectivity index (χ0n) is 10.6. The first-order chi connectivity index (χ1) is 7.13. The van der Waals surface area contributed by atoms with Crippen LogP contribution in [-0.2, 0) is 4.74 Å². The van der Waals surface area contributed by atoms with Crippen LogP contribution < -0.4 is 5.32 Å². The highest BCUT2D eigenvalue weighted by atomic mass is 16.5. The molecule has 0 aromatic heterocycles. The number of hydrogen-bond acceptors (Lipinski definition) is 3. The third kappa shape index (κ3) is 4.49. The Labute approximate surface area is 94.2 Å². The number of piperidine rings is 1. The first-order valence-electron chi connectivity index (χ1n) is 6.07. The number of ether oxygens (including phenoxy) is 1. The number of nitrogens with zero attached hydrogens (tertiary/aromatic N) is 1. The molecular weight excluding hydrogens is 188 g/mol. The summed E-state index contributed by atoms with van der Waals surface area (Å²) in [4.78, 5) is 2.44. The molecule has 3 atom stereocenters. The minimum absolute atomic E-state index is 0.456. The second-order valence-electron chi connectivity index (χ2n) is 4.98. The van der Waals surface area contributed by atoms with Gasteiger partial charge in [-0.1, -0.05) is 0 Å². The standard InChI is InChI=1S/C12H26N2O/c1-10(9-15-4)13-11(2)12-6-5-7-14(3)8-12/h10-13H,5-9H2,1-4H3. The Morgan fingerprint density at radius 1 is 1.47 bits per heavy atom. The Hall–Kier alpha value is -0.120. The van der Waals surface area contributed by atoms with Gasteiger partial charge in [-0.15, -0.1) is 0 Å². The molecule has 1 rings (SSSR count). The average molecular weight is 214 g/mol. The first kappa shape index (κ1) is 12.9. The minimum atomic E-state index is 0.456. The Balaban J connectivity index is 2.28. The summed E-state index contributed by atoms with van der Waals surface area (Å²) in [7, 11) is 3.98. The van der Waals surface area contributed by atoms with Crippen LogP contribution in [0.25, 0.3) is 0 Å². The van der Waals surface area contributed by atoms with Crippen molar-refractivity contribution in [3.8, 4) is 0 Å². The molecule has 0 aliphatic carbocycles. The Morgan fingerprint density at radius 2 is 2.20 bits per heavy atom. The van der Waals surface area contributed by atoms with Crippen LogP contribution in [0.4, 0.5) is 0 Å². The molecule has 1 aliphatic heterocycles. The van der Waals surface area contributed by atoms with Crippen LogP contribution in [0.2, 0.25) is 0 Å². The van der Waals surface area contributed by atoms with E-state index in [0.717, 1.165) is 12.5 Å². The molecule has 0 amide bonds. The van der Waals surface area contributed by atoms with Crippen LogP contribution in [0.15, 0.2) is 0 Å². The van der Waals surface area contributed by atoms with E-state index in [1.54, 1.807) is 7.11 Å². The van der Waals surface area contributed by atoms with E-state index >= 15 is 0 Å². The third-order valence-corrected chi connectivity index (χ3v) is 3.33. The largest absolute Gasteiger partial charge is 0.383 e. The van der Waals surface area contributed by atoms with Crippen LogP contribution in [0.1, 0.15) is 26.7 Å². The van der Waals surface area contributed by atoms with Crippen molar-refractivity contribution < 1.29 is 4.74 Å². The molecular formula is C12H26N2O. The van der Waals surface area contributed by atoms with E-state index in [0.29, 0.717) is 12.1 Å². The lowest BCUT2D eigenvalue weighted by molar-refractivity contribution is 0.141. The number of rotatable bonds is 5. The third-order valence-electron chi connectivity index (χ3n) is 3.33. The molecule has 1 heterocycles. The van der Waals surface area contributed by atoms with E-state index in [-0.39, 0.29) is 0 Å². The Kier molecular flexibility index (Phi) is 5.58. The maximum atomic E-state index is 5.14. The number of nitrogens with one attached hydrogen (secondary N) is 1. The van der Waals surface area contributed by atoms with Gasteiger partial charge in [0.25, 0.3) is 0 Å². The molecule has 3 unspecified atom stereocenters. The number of methoxy groups -OCH3 is 1. The fourth-order valence-electron chi connectivity index (χ4n) is 2.50. The molecule has 15 heavy (non-hydrogen) atoms. The topological polar surface area (TPSA) is 24.5 Å². The van der Waals surface area contributed by atoms with Crippen molar-refractivity contribution in [1.82, 2.24) is 10.2 Å². The van der Waals surface area contributed by atoms with Gasteiger partial charge in [-0.3, -0.25) is 0 Å². The number of likely N-dealkylation sites (tertiary alicyclic amines) is 1. The van der Waals surface area contributed by atoms with Crippen molar-refractivity contribution in [3.05, 3.63) is 0 Å². The summed E-state index contributed by atoms with van der Waals surface area (Å²) >= 11 is 0. The van der Waals surface area contributed by atoms with Crippen molar-refractivity contribution in [3.63, 3.8) is 0 Å². The lowest BCUT2D eigenvalue weighted by Crippen LogP contribution is -2.46. The molecule has 90 valence electrons. The second-order valence-corrected chi connectivity index (χ2v) is 4.98. The molecule has 0 spiro atoms. The summed E-state index contributed by atoms with van der Waals surface area (Å²) in [6.07, 6.45) is 2.70. The number of hydrogen-bond donors (Lipinski definition) is 1. The normalized spacial score (nSPS) is 27.6. The van der Waals surface area contributed by atoms with Gasteiger partial charge in [0.2, 0.25) is 0 Å². The van der Waals surface area contributed by atoms with Crippen molar-refractivity contribution in [2.24, 2.45) is 5.92 Å². The highest BCUT2D eigenvalue weighted by Gasteiger charge is 2.23. The van der Waals surface area contributed by atoms with Gasteiger partial charge in [-0.2, -0.15) is 0 Å². The van der Waals surface area contributed by atoms with Gasteiger partial charge in [0.05, 0.1) is 6.61 Å². The molecule has 1 saturated heterocycles. The highest BCUT2D eigenvalue weighted by Crippen LogP contribution is 2.18. The summed E-state index contributed by atoms with van der Waals surface area (Å²) in [5.41, 5.74) is 0. The quantitative estimate of drug-likeness (QED) is 0.747. The lowest BCUT2D eigenvalue weighted by Gasteiger charge is -2.35. The summed E-state index contributed by atoms with van der Waals surface area (Å²) in [6.45, 7) is 7.78. The smallest absolute Gasteiger partial charge is 0.0613 e. The van der Waals surface area contributed by atoms with Crippen LogP contribution in [0.3, 0.4) is 0 Å². The van der Waals surface area contributed by atoms with E-state index in [2.05, 4.69) is 31.1 Å². The van der Waals surface area contributed by atoms with Crippen molar-refractivity contribution in [1.29, 1.82) is 0 Å². The van der Waals surface area contributed by atoms with Crippen LogP contribution in [-0.4, -0.2) is 50.8 Å². The summed E-state index contributed by atoms with van der Waals surface area (Å²) < 4.78 is 5.14. The predicted molar refractivity (Wildman–Crippen MR) is 64.2 cm³/mol. The van der Waals surface area contributed by atoms with Crippen LogP contribution in [0.5, 0.6) is 0 Å². The van der Waals surface area contributed by atoms with Crippen molar-refractivity contribution in [2.45, 2.75) is 38.8 Å². The fourth-order valence-corrected chi connectivity index (χ4v) is 2.50. The molecule has 3 nitrogen and oxygen atoms in total. The predicted octanol–water partition coefficient (Wildman–Crippen LogP) is 1.34. The molecule has 1 N–H and O–H groups in total. The zero-order chi connectivity index (χ0) is 11.3.